The van der Waals surface area contributed by atoms with Crippen molar-refractivity contribution in [3.63, 3.8) is 0 Å². The summed E-state index contributed by atoms with van der Waals surface area (Å²) in [6.07, 6.45) is -4.63. The molecule has 10 heteroatoms. The van der Waals surface area contributed by atoms with Gasteiger partial charge in [-0.25, -0.2) is 9.67 Å². The van der Waals surface area contributed by atoms with E-state index in [1.54, 1.807) is 29.8 Å². The van der Waals surface area contributed by atoms with E-state index in [0.717, 1.165) is 23.5 Å². The van der Waals surface area contributed by atoms with Gasteiger partial charge >= 0.3 is 6.18 Å². The highest BCUT2D eigenvalue weighted by Gasteiger charge is 2.34. The van der Waals surface area contributed by atoms with Crippen LogP contribution in [0.1, 0.15) is 33.1 Å². The number of carbonyl (C=O) groups is 1. The summed E-state index contributed by atoms with van der Waals surface area (Å²) < 4.78 is 47.1. The number of ether oxygens (including phenoxy) is 1. The highest BCUT2D eigenvalue weighted by atomic mass is 19.4. The van der Waals surface area contributed by atoms with Gasteiger partial charge in [-0.3, -0.25) is 4.79 Å². The zero-order valence-electron chi connectivity index (χ0n) is 18.5. The van der Waals surface area contributed by atoms with Crippen LogP contribution < -0.4 is 10.1 Å². The summed E-state index contributed by atoms with van der Waals surface area (Å²) in [6.45, 7) is 5.54. The lowest BCUT2D eigenvalue weighted by atomic mass is 10.1. The van der Waals surface area contributed by atoms with Gasteiger partial charge in [0.1, 0.15) is 11.6 Å². The molecule has 2 aromatic heterocycles. The first kappa shape index (κ1) is 23.0. The Morgan fingerprint density at radius 2 is 1.68 bits per heavy atom. The van der Waals surface area contributed by atoms with E-state index >= 15 is 0 Å². The predicted molar refractivity (Wildman–Crippen MR) is 119 cm³/mol. The van der Waals surface area contributed by atoms with Crippen LogP contribution in [0, 0.1) is 20.8 Å². The van der Waals surface area contributed by atoms with Crippen molar-refractivity contribution in [2.45, 2.75) is 26.9 Å². The first-order valence-electron chi connectivity index (χ1n) is 10.2. The Morgan fingerprint density at radius 3 is 2.32 bits per heavy atom. The first-order chi connectivity index (χ1) is 16.1. The quantitative estimate of drug-likeness (QED) is 0.410. The summed E-state index contributed by atoms with van der Waals surface area (Å²) >= 11 is 0. The fourth-order valence-corrected chi connectivity index (χ4v) is 3.40. The third-order valence-corrected chi connectivity index (χ3v) is 4.84. The average Bonchev–Trinajstić information content (AvgIpc) is 3.12. The van der Waals surface area contributed by atoms with Gasteiger partial charge < -0.3 is 10.1 Å². The SMILES string of the molecule is Cc1cc(C)n(-c2cc(Oc3ccc(NC(=O)c4ccccc4C(F)(F)F)cc3)nc(C)n2)n1. The van der Waals surface area contributed by atoms with Gasteiger partial charge in [0, 0.05) is 17.4 Å². The number of alkyl halides is 3. The number of nitrogens with one attached hydrogen (secondary N) is 1. The van der Waals surface area contributed by atoms with Crippen molar-refractivity contribution >= 4 is 11.6 Å². The van der Waals surface area contributed by atoms with E-state index in [4.69, 9.17) is 4.74 Å². The molecule has 0 fully saturated rings. The van der Waals surface area contributed by atoms with Crippen molar-refractivity contribution in [1.29, 1.82) is 0 Å². The molecule has 0 unspecified atom stereocenters. The van der Waals surface area contributed by atoms with Crippen molar-refractivity contribution in [3.8, 4) is 17.4 Å². The Balaban J connectivity index is 1.50. The number of amides is 1. The van der Waals surface area contributed by atoms with Gasteiger partial charge in [0.05, 0.1) is 16.8 Å². The molecule has 2 aromatic carbocycles. The van der Waals surface area contributed by atoms with Crippen LogP contribution in [0.4, 0.5) is 18.9 Å². The molecule has 1 N–H and O–H groups in total. The minimum Gasteiger partial charge on any atom is -0.439 e. The van der Waals surface area contributed by atoms with E-state index in [2.05, 4.69) is 20.4 Å². The summed E-state index contributed by atoms with van der Waals surface area (Å²) in [5.74, 6) is 0.909. The monoisotopic (exact) mass is 467 g/mol. The Kier molecular flexibility index (Phi) is 6.06. The number of nitrogens with zero attached hydrogens (tertiary/aromatic N) is 4. The van der Waals surface area contributed by atoms with Crippen molar-refractivity contribution < 1.29 is 22.7 Å². The molecule has 0 spiro atoms. The second kappa shape index (κ2) is 8.97. The number of hydrogen-bond acceptors (Lipinski definition) is 5. The number of aromatic nitrogens is 4. The maximum Gasteiger partial charge on any atom is 0.417 e. The van der Waals surface area contributed by atoms with Crippen LogP contribution in [0.25, 0.3) is 5.82 Å². The molecule has 4 aromatic rings. The zero-order chi connectivity index (χ0) is 24.5. The lowest BCUT2D eigenvalue weighted by molar-refractivity contribution is -0.137. The first-order valence-corrected chi connectivity index (χ1v) is 10.2. The molecule has 0 saturated carbocycles. The van der Waals surface area contributed by atoms with Crippen LogP contribution in [0.15, 0.2) is 60.7 Å². The van der Waals surface area contributed by atoms with Gasteiger partial charge in [-0.15, -0.1) is 0 Å². The van der Waals surface area contributed by atoms with Crippen LogP contribution in [0.5, 0.6) is 11.6 Å². The van der Waals surface area contributed by atoms with Gasteiger partial charge in [-0.2, -0.15) is 23.3 Å². The number of hydrogen-bond donors (Lipinski definition) is 1. The largest absolute Gasteiger partial charge is 0.439 e. The summed E-state index contributed by atoms with van der Waals surface area (Å²) in [7, 11) is 0. The maximum atomic E-state index is 13.2. The summed E-state index contributed by atoms with van der Waals surface area (Å²) in [4.78, 5) is 21.1. The van der Waals surface area contributed by atoms with Crippen molar-refractivity contribution in [2.75, 3.05) is 5.32 Å². The van der Waals surface area contributed by atoms with E-state index in [9.17, 15) is 18.0 Å². The highest BCUT2D eigenvalue weighted by molar-refractivity contribution is 6.05. The van der Waals surface area contributed by atoms with Gasteiger partial charge in [-0.1, -0.05) is 12.1 Å². The fraction of sp³-hybridized carbons (Fsp3) is 0.167. The number of benzene rings is 2. The molecule has 0 aliphatic carbocycles. The van der Waals surface area contributed by atoms with Crippen molar-refractivity contribution in [3.05, 3.63) is 89.0 Å². The average molecular weight is 467 g/mol. The van der Waals surface area contributed by atoms with E-state index in [1.807, 2.05) is 19.9 Å². The normalized spacial score (nSPS) is 11.4. The Labute approximate surface area is 193 Å². The molecule has 0 bridgehead atoms. The minimum atomic E-state index is -4.63. The highest BCUT2D eigenvalue weighted by Crippen LogP contribution is 2.32. The van der Waals surface area contributed by atoms with E-state index < -0.39 is 23.2 Å². The Bertz CT molecular complexity index is 1350. The Morgan fingerprint density at radius 1 is 0.971 bits per heavy atom. The molecule has 0 atom stereocenters. The number of aryl methyl sites for hydroxylation is 3. The lowest BCUT2D eigenvalue weighted by Gasteiger charge is -2.13. The van der Waals surface area contributed by atoms with Gasteiger partial charge in [0.2, 0.25) is 5.88 Å². The summed E-state index contributed by atoms with van der Waals surface area (Å²) in [5.41, 5.74) is 0.630. The van der Waals surface area contributed by atoms with E-state index in [1.165, 1.54) is 24.3 Å². The molecule has 0 aliphatic heterocycles. The molecule has 0 aliphatic rings. The van der Waals surface area contributed by atoms with E-state index in [0.29, 0.717) is 29.0 Å². The number of rotatable bonds is 5. The summed E-state index contributed by atoms with van der Waals surface area (Å²) in [5, 5.41) is 6.89. The molecular formula is C24H20F3N5O2. The molecular weight excluding hydrogens is 447 g/mol. The molecule has 174 valence electrons. The molecule has 0 saturated heterocycles. The van der Waals surface area contributed by atoms with Crippen LogP contribution >= 0.6 is 0 Å². The maximum absolute atomic E-state index is 13.2. The third kappa shape index (κ3) is 5.06. The van der Waals surface area contributed by atoms with Crippen molar-refractivity contribution in [2.24, 2.45) is 0 Å². The van der Waals surface area contributed by atoms with Gasteiger partial charge in [-0.05, 0) is 63.2 Å². The molecule has 4 rings (SSSR count). The van der Waals surface area contributed by atoms with Crippen LogP contribution in [0.2, 0.25) is 0 Å². The third-order valence-electron chi connectivity index (χ3n) is 4.84. The number of halogens is 3. The second-order valence-corrected chi connectivity index (χ2v) is 7.57. The second-order valence-electron chi connectivity index (χ2n) is 7.57. The smallest absolute Gasteiger partial charge is 0.417 e. The van der Waals surface area contributed by atoms with Crippen LogP contribution in [0.3, 0.4) is 0 Å². The number of carbonyl (C=O) groups excluding carboxylic acids is 1. The van der Waals surface area contributed by atoms with Gasteiger partial charge in [0.15, 0.2) is 5.82 Å². The predicted octanol–water partition coefficient (Wildman–Crippen LogP) is 5.65. The number of anilines is 1. The van der Waals surface area contributed by atoms with Crippen LogP contribution in [-0.4, -0.2) is 25.7 Å². The summed E-state index contributed by atoms with van der Waals surface area (Å²) in [6, 6.07) is 14.4. The molecule has 34 heavy (non-hydrogen) atoms. The fourth-order valence-electron chi connectivity index (χ4n) is 3.40. The van der Waals surface area contributed by atoms with Gasteiger partial charge in [0.25, 0.3) is 5.91 Å². The Hall–Kier alpha value is -4.21. The molecule has 2 heterocycles. The van der Waals surface area contributed by atoms with Crippen molar-refractivity contribution in [1.82, 2.24) is 19.7 Å². The standard InChI is InChI=1S/C24H20F3N5O2/c1-14-12-15(2)32(31-14)21-13-22(29-16(3)28-21)34-18-10-8-17(9-11-18)30-23(33)19-6-4-5-7-20(19)24(25,26)27/h4-13H,1-3H3,(H,30,33). The van der Waals surface area contributed by atoms with Crippen LogP contribution in [-0.2, 0) is 6.18 Å². The lowest BCUT2D eigenvalue weighted by Crippen LogP contribution is -2.18. The molecule has 1 amide bonds. The minimum absolute atomic E-state index is 0.297. The molecule has 0 radical (unpaired) electrons. The topological polar surface area (TPSA) is 81.9 Å². The molecule has 7 nitrogen and oxygen atoms in total. The zero-order valence-corrected chi connectivity index (χ0v) is 18.5. The van der Waals surface area contributed by atoms with E-state index in [-0.39, 0.29) is 0 Å².